The van der Waals surface area contributed by atoms with Gasteiger partial charge in [0.25, 0.3) is 5.91 Å². The normalized spacial score (nSPS) is 21.8. The van der Waals surface area contributed by atoms with Gasteiger partial charge in [0, 0.05) is 31.4 Å². The predicted octanol–water partition coefficient (Wildman–Crippen LogP) is 1.79. The zero-order valence-corrected chi connectivity index (χ0v) is 11.7. The lowest BCUT2D eigenvalue weighted by molar-refractivity contribution is 0.0583. The molecule has 0 aromatic heterocycles. The van der Waals surface area contributed by atoms with Gasteiger partial charge in [0.2, 0.25) is 0 Å². The van der Waals surface area contributed by atoms with Gasteiger partial charge in [0.05, 0.1) is 0 Å². The molecule has 1 atom stereocenters. The first-order valence-corrected chi connectivity index (χ1v) is 7.50. The fraction of sp³-hybridized carbons (Fsp3) is 0.562. The highest BCUT2D eigenvalue weighted by Crippen LogP contribution is 2.29. The molecule has 4 nitrogen and oxygen atoms in total. The Hall–Kier alpha value is -1.39. The van der Waals surface area contributed by atoms with Crippen molar-refractivity contribution in [3.8, 4) is 0 Å². The standard InChI is InChI=1S/C16H22N2O2/c17-15(12-5-8-20-9-6-12)13-4-3-11-2-1-7-18-16(19)14(11)10-13/h3-4,10,12,15H,1-2,5-9,17H2,(H,18,19). The van der Waals surface area contributed by atoms with E-state index in [1.54, 1.807) is 0 Å². The Morgan fingerprint density at radius 3 is 2.90 bits per heavy atom. The molecule has 4 heteroatoms. The molecule has 1 aromatic carbocycles. The summed E-state index contributed by atoms with van der Waals surface area (Å²) in [6, 6.07) is 6.17. The van der Waals surface area contributed by atoms with Crippen LogP contribution in [0, 0.1) is 5.92 Å². The number of benzene rings is 1. The molecule has 1 saturated heterocycles. The van der Waals surface area contributed by atoms with Crippen molar-refractivity contribution in [3.63, 3.8) is 0 Å². The van der Waals surface area contributed by atoms with Gasteiger partial charge in [0.15, 0.2) is 0 Å². The number of carbonyl (C=O) groups is 1. The smallest absolute Gasteiger partial charge is 0.251 e. The minimum atomic E-state index is 0.000234. The van der Waals surface area contributed by atoms with Gasteiger partial charge in [-0.15, -0.1) is 0 Å². The average molecular weight is 274 g/mol. The lowest BCUT2D eigenvalue weighted by Crippen LogP contribution is -2.28. The van der Waals surface area contributed by atoms with Gasteiger partial charge in [-0.3, -0.25) is 4.79 Å². The summed E-state index contributed by atoms with van der Waals surface area (Å²) in [6.07, 6.45) is 3.97. The van der Waals surface area contributed by atoms with E-state index < -0.39 is 0 Å². The van der Waals surface area contributed by atoms with Crippen LogP contribution in [-0.4, -0.2) is 25.7 Å². The number of hydrogen-bond acceptors (Lipinski definition) is 3. The monoisotopic (exact) mass is 274 g/mol. The second-order valence-corrected chi connectivity index (χ2v) is 5.75. The van der Waals surface area contributed by atoms with Gasteiger partial charge in [-0.25, -0.2) is 0 Å². The van der Waals surface area contributed by atoms with Crippen LogP contribution >= 0.6 is 0 Å². The van der Waals surface area contributed by atoms with E-state index in [-0.39, 0.29) is 11.9 Å². The third-order valence-electron chi connectivity index (χ3n) is 4.45. The molecule has 2 heterocycles. The topological polar surface area (TPSA) is 64.4 Å². The van der Waals surface area contributed by atoms with Crippen molar-refractivity contribution < 1.29 is 9.53 Å². The number of rotatable bonds is 2. The maximum Gasteiger partial charge on any atom is 0.251 e. The molecular formula is C16H22N2O2. The Morgan fingerprint density at radius 1 is 1.30 bits per heavy atom. The van der Waals surface area contributed by atoms with Crippen LogP contribution < -0.4 is 11.1 Å². The fourth-order valence-electron chi connectivity index (χ4n) is 3.15. The lowest BCUT2D eigenvalue weighted by Gasteiger charge is -2.28. The third-order valence-corrected chi connectivity index (χ3v) is 4.45. The van der Waals surface area contributed by atoms with E-state index in [1.165, 1.54) is 0 Å². The molecule has 3 N–H and O–H groups in total. The Morgan fingerprint density at radius 2 is 2.10 bits per heavy atom. The number of fused-ring (bicyclic) bond motifs is 1. The number of amides is 1. The molecule has 2 aliphatic heterocycles. The number of aryl methyl sites for hydroxylation is 1. The predicted molar refractivity (Wildman–Crippen MR) is 77.6 cm³/mol. The molecule has 2 aliphatic rings. The molecule has 0 radical (unpaired) electrons. The summed E-state index contributed by atoms with van der Waals surface area (Å²) in [5.41, 5.74) is 9.43. The highest BCUT2D eigenvalue weighted by atomic mass is 16.5. The number of nitrogens with one attached hydrogen (secondary N) is 1. The molecule has 1 unspecified atom stereocenters. The van der Waals surface area contributed by atoms with Gasteiger partial charge in [0.1, 0.15) is 0 Å². The van der Waals surface area contributed by atoms with Crippen molar-refractivity contribution in [2.75, 3.05) is 19.8 Å². The number of nitrogens with two attached hydrogens (primary N) is 1. The average Bonchev–Trinajstić information content (AvgIpc) is 2.69. The highest BCUT2D eigenvalue weighted by Gasteiger charge is 2.24. The van der Waals surface area contributed by atoms with Crippen molar-refractivity contribution in [2.45, 2.75) is 31.7 Å². The summed E-state index contributed by atoms with van der Waals surface area (Å²) < 4.78 is 5.39. The molecule has 0 bridgehead atoms. The van der Waals surface area contributed by atoms with Crippen LogP contribution in [0.4, 0.5) is 0 Å². The van der Waals surface area contributed by atoms with E-state index in [0.29, 0.717) is 5.92 Å². The molecule has 0 aliphatic carbocycles. The van der Waals surface area contributed by atoms with Crippen molar-refractivity contribution in [2.24, 2.45) is 11.7 Å². The SMILES string of the molecule is NC(c1ccc2c(c1)C(=O)NCCC2)C1CCOCC1. The molecule has 3 rings (SSSR count). The molecule has 1 amide bonds. The van der Waals surface area contributed by atoms with Gasteiger partial charge in [-0.05, 0) is 48.8 Å². The Kier molecular flexibility index (Phi) is 4.03. The van der Waals surface area contributed by atoms with Crippen molar-refractivity contribution in [1.82, 2.24) is 5.32 Å². The summed E-state index contributed by atoms with van der Waals surface area (Å²) in [5, 5.41) is 2.95. The van der Waals surface area contributed by atoms with Gasteiger partial charge in [-0.1, -0.05) is 12.1 Å². The summed E-state index contributed by atoms with van der Waals surface area (Å²) in [6.45, 7) is 2.35. The fourth-order valence-corrected chi connectivity index (χ4v) is 3.15. The molecular weight excluding hydrogens is 252 g/mol. The minimum Gasteiger partial charge on any atom is -0.381 e. The van der Waals surface area contributed by atoms with E-state index in [2.05, 4.69) is 17.4 Å². The van der Waals surface area contributed by atoms with Crippen LogP contribution in [0.1, 0.15) is 46.8 Å². The van der Waals surface area contributed by atoms with Crippen molar-refractivity contribution >= 4 is 5.91 Å². The largest absolute Gasteiger partial charge is 0.381 e. The van der Waals surface area contributed by atoms with E-state index in [4.69, 9.17) is 10.5 Å². The zero-order valence-electron chi connectivity index (χ0n) is 11.7. The highest BCUT2D eigenvalue weighted by molar-refractivity contribution is 5.96. The van der Waals surface area contributed by atoms with E-state index in [0.717, 1.165) is 62.1 Å². The maximum atomic E-state index is 12.1. The summed E-state index contributed by atoms with van der Waals surface area (Å²) in [7, 11) is 0. The van der Waals surface area contributed by atoms with Crippen LogP contribution in [0.2, 0.25) is 0 Å². The molecule has 1 fully saturated rings. The Balaban J connectivity index is 1.85. The number of ether oxygens (including phenoxy) is 1. The van der Waals surface area contributed by atoms with Crippen LogP contribution in [-0.2, 0) is 11.2 Å². The van der Waals surface area contributed by atoms with Crippen LogP contribution in [0.15, 0.2) is 18.2 Å². The number of hydrogen-bond donors (Lipinski definition) is 2. The number of carbonyl (C=O) groups excluding carboxylic acids is 1. The second-order valence-electron chi connectivity index (χ2n) is 5.75. The summed E-state index contributed by atoms with van der Waals surface area (Å²) in [4.78, 5) is 12.1. The molecule has 108 valence electrons. The lowest BCUT2D eigenvalue weighted by atomic mass is 9.86. The quantitative estimate of drug-likeness (QED) is 0.864. The van der Waals surface area contributed by atoms with Crippen molar-refractivity contribution in [1.29, 1.82) is 0 Å². The molecule has 1 aromatic rings. The van der Waals surface area contributed by atoms with Crippen LogP contribution in [0.25, 0.3) is 0 Å². The third kappa shape index (κ3) is 2.72. The molecule has 20 heavy (non-hydrogen) atoms. The van der Waals surface area contributed by atoms with Crippen LogP contribution in [0.5, 0.6) is 0 Å². The maximum absolute atomic E-state index is 12.1. The molecule has 0 saturated carbocycles. The van der Waals surface area contributed by atoms with E-state index in [1.807, 2.05) is 6.07 Å². The second kappa shape index (κ2) is 5.94. The van der Waals surface area contributed by atoms with Crippen LogP contribution in [0.3, 0.4) is 0 Å². The summed E-state index contributed by atoms with van der Waals surface area (Å²) >= 11 is 0. The first-order valence-electron chi connectivity index (χ1n) is 7.50. The molecule has 0 spiro atoms. The van der Waals surface area contributed by atoms with Gasteiger partial charge < -0.3 is 15.8 Å². The Labute approximate surface area is 119 Å². The zero-order chi connectivity index (χ0) is 13.9. The summed E-state index contributed by atoms with van der Waals surface area (Å²) in [5.74, 6) is 0.495. The first-order chi connectivity index (χ1) is 9.75. The minimum absolute atomic E-state index is 0.000234. The van der Waals surface area contributed by atoms with E-state index in [9.17, 15) is 4.79 Å². The first kappa shape index (κ1) is 13.6. The van der Waals surface area contributed by atoms with E-state index >= 15 is 0 Å². The van der Waals surface area contributed by atoms with Gasteiger partial charge in [-0.2, -0.15) is 0 Å². The van der Waals surface area contributed by atoms with Gasteiger partial charge >= 0.3 is 0 Å². The Bertz CT molecular complexity index is 495. The van der Waals surface area contributed by atoms with Crippen molar-refractivity contribution in [3.05, 3.63) is 34.9 Å².